The summed E-state index contributed by atoms with van der Waals surface area (Å²) in [5.74, 6) is 1.13. The Morgan fingerprint density at radius 3 is 3.09 bits per heavy atom. The molecule has 4 aliphatic rings. The molecule has 1 aromatic rings. The number of benzene rings is 1. The lowest BCUT2D eigenvalue weighted by atomic mass is 9.53. The SMILES string of the molecule is C=CCN1CC[C@]23c4c5ccc(O)c4OC2C(O)C=CC3[C@H]1C5. The Bertz CT molecular complexity index is 728. The van der Waals surface area contributed by atoms with Crippen LogP contribution < -0.4 is 4.74 Å². The molecule has 0 amide bonds. The molecule has 5 atom stereocenters. The van der Waals surface area contributed by atoms with Gasteiger partial charge in [-0.05, 0) is 31.0 Å². The number of phenols is 1. The lowest BCUT2D eigenvalue weighted by Crippen LogP contribution is -2.65. The maximum Gasteiger partial charge on any atom is 0.165 e. The zero-order valence-electron chi connectivity index (χ0n) is 13.0. The molecule has 1 spiro atoms. The molecule has 1 fully saturated rings. The number of rotatable bonds is 2. The van der Waals surface area contributed by atoms with E-state index in [9.17, 15) is 10.2 Å². The van der Waals surface area contributed by atoms with Crippen molar-refractivity contribution >= 4 is 0 Å². The van der Waals surface area contributed by atoms with Gasteiger partial charge in [0.1, 0.15) is 12.2 Å². The van der Waals surface area contributed by atoms with E-state index in [0.29, 0.717) is 17.7 Å². The maximum absolute atomic E-state index is 10.5. The van der Waals surface area contributed by atoms with Gasteiger partial charge in [0.2, 0.25) is 0 Å². The van der Waals surface area contributed by atoms with Crippen LogP contribution in [0.3, 0.4) is 0 Å². The predicted octanol–water partition coefficient (Wildman–Crippen LogP) is 1.75. The molecule has 4 nitrogen and oxygen atoms in total. The number of hydrogen-bond donors (Lipinski definition) is 2. The van der Waals surface area contributed by atoms with Gasteiger partial charge in [-0.2, -0.15) is 0 Å². The summed E-state index contributed by atoms with van der Waals surface area (Å²) < 4.78 is 6.13. The van der Waals surface area contributed by atoms with Crippen LogP contribution in [-0.4, -0.2) is 46.5 Å². The molecule has 23 heavy (non-hydrogen) atoms. The molecule has 5 rings (SSSR count). The topological polar surface area (TPSA) is 52.9 Å². The molecular weight excluding hydrogens is 290 g/mol. The standard InChI is InChI=1S/C19H21NO3/c1-2-8-20-9-7-19-12-4-6-15(22)18(19)23-17-14(21)5-3-11(16(17)19)10-13(12)20/h2-6,12-13,15,18,21-22H,1,7-10H2/t12?,13-,15?,18?,19+/m1/s1. The van der Waals surface area contributed by atoms with Gasteiger partial charge in [0, 0.05) is 29.5 Å². The van der Waals surface area contributed by atoms with Gasteiger partial charge in [-0.15, -0.1) is 6.58 Å². The van der Waals surface area contributed by atoms with Crippen molar-refractivity contribution in [1.82, 2.24) is 4.90 Å². The predicted molar refractivity (Wildman–Crippen MR) is 86.7 cm³/mol. The number of aliphatic hydroxyl groups excluding tert-OH is 1. The lowest BCUT2D eigenvalue weighted by molar-refractivity contribution is -0.0488. The summed E-state index contributed by atoms with van der Waals surface area (Å²) in [6.45, 7) is 5.76. The van der Waals surface area contributed by atoms with Crippen molar-refractivity contribution in [2.24, 2.45) is 5.92 Å². The number of piperidine rings is 1. The molecule has 1 aromatic carbocycles. The number of nitrogens with zero attached hydrogens (tertiary/aromatic N) is 1. The fourth-order valence-corrected chi connectivity index (χ4v) is 5.52. The summed E-state index contributed by atoms with van der Waals surface area (Å²) >= 11 is 0. The smallest absolute Gasteiger partial charge is 0.165 e. The Balaban J connectivity index is 1.76. The van der Waals surface area contributed by atoms with Crippen molar-refractivity contribution in [3.05, 3.63) is 48.1 Å². The highest BCUT2D eigenvalue weighted by molar-refractivity contribution is 5.61. The molecule has 0 saturated carbocycles. The summed E-state index contributed by atoms with van der Waals surface area (Å²) in [5, 5.41) is 20.8. The third-order valence-electron chi connectivity index (χ3n) is 6.35. The van der Waals surface area contributed by atoms with Gasteiger partial charge in [0.15, 0.2) is 11.5 Å². The van der Waals surface area contributed by atoms with E-state index in [2.05, 4.69) is 17.6 Å². The summed E-state index contributed by atoms with van der Waals surface area (Å²) in [6, 6.07) is 4.17. The molecule has 2 bridgehead atoms. The largest absolute Gasteiger partial charge is 0.504 e. The molecule has 2 aliphatic heterocycles. The Morgan fingerprint density at radius 1 is 1.39 bits per heavy atom. The first-order valence-electron chi connectivity index (χ1n) is 8.40. The highest BCUT2D eigenvalue weighted by Crippen LogP contribution is 2.62. The van der Waals surface area contributed by atoms with Crippen LogP contribution in [-0.2, 0) is 11.8 Å². The van der Waals surface area contributed by atoms with Gasteiger partial charge in [0.25, 0.3) is 0 Å². The summed E-state index contributed by atoms with van der Waals surface area (Å²) in [6.07, 6.45) is 7.04. The van der Waals surface area contributed by atoms with E-state index in [0.717, 1.165) is 31.5 Å². The average molecular weight is 311 g/mol. The van der Waals surface area contributed by atoms with E-state index in [4.69, 9.17) is 4.74 Å². The first-order chi connectivity index (χ1) is 11.2. The Labute approximate surface area is 135 Å². The van der Waals surface area contributed by atoms with E-state index in [1.807, 2.05) is 18.2 Å². The van der Waals surface area contributed by atoms with E-state index in [1.54, 1.807) is 6.07 Å². The molecule has 2 aliphatic carbocycles. The fraction of sp³-hybridized carbons (Fsp3) is 0.474. The number of hydrogen-bond acceptors (Lipinski definition) is 4. The van der Waals surface area contributed by atoms with Gasteiger partial charge in [0.05, 0.1) is 0 Å². The van der Waals surface area contributed by atoms with Crippen molar-refractivity contribution < 1.29 is 14.9 Å². The van der Waals surface area contributed by atoms with Crippen molar-refractivity contribution in [2.45, 2.75) is 36.5 Å². The van der Waals surface area contributed by atoms with Crippen molar-refractivity contribution in [3.8, 4) is 11.5 Å². The molecule has 2 N–H and O–H groups in total. The fourth-order valence-electron chi connectivity index (χ4n) is 5.52. The minimum atomic E-state index is -0.615. The van der Waals surface area contributed by atoms with Crippen LogP contribution in [0.1, 0.15) is 17.5 Å². The van der Waals surface area contributed by atoms with Crippen LogP contribution >= 0.6 is 0 Å². The summed E-state index contributed by atoms with van der Waals surface area (Å²) in [5.41, 5.74) is 2.22. The van der Waals surface area contributed by atoms with E-state index in [1.165, 1.54) is 5.56 Å². The monoisotopic (exact) mass is 311 g/mol. The highest BCUT2D eigenvalue weighted by atomic mass is 16.5. The second kappa shape index (κ2) is 4.40. The summed E-state index contributed by atoms with van der Waals surface area (Å²) in [4.78, 5) is 2.50. The van der Waals surface area contributed by atoms with Crippen LogP contribution in [0.25, 0.3) is 0 Å². The van der Waals surface area contributed by atoms with Gasteiger partial charge >= 0.3 is 0 Å². The minimum Gasteiger partial charge on any atom is -0.504 e. The van der Waals surface area contributed by atoms with Gasteiger partial charge in [-0.25, -0.2) is 0 Å². The quantitative estimate of drug-likeness (QED) is 0.817. The number of likely N-dealkylation sites (tertiary alicyclic amines) is 1. The third kappa shape index (κ3) is 1.49. The molecule has 4 heteroatoms. The van der Waals surface area contributed by atoms with Crippen LogP contribution in [0.15, 0.2) is 36.9 Å². The highest BCUT2D eigenvalue weighted by Gasteiger charge is 2.64. The third-order valence-corrected chi connectivity index (χ3v) is 6.35. The second-order valence-electron chi connectivity index (χ2n) is 7.23. The Kier molecular flexibility index (Phi) is 2.61. The Morgan fingerprint density at radius 2 is 2.26 bits per heavy atom. The van der Waals surface area contributed by atoms with E-state index >= 15 is 0 Å². The average Bonchev–Trinajstić information content (AvgIpc) is 2.89. The van der Waals surface area contributed by atoms with E-state index in [-0.39, 0.29) is 17.3 Å². The first-order valence-corrected chi connectivity index (χ1v) is 8.40. The molecule has 1 saturated heterocycles. The van der Waals surface area contributed by atoms with Crippen LogP contribution in [0.2, 0.25) is 0 Å². The summed E-state index contributed by atoms with van der Waals surface area (Å²) in [7, 11) is 0. The first kappa shape index (κ1) is 13.6. The number of aliphatic hydroxyl groups is 1. The van der Waals surface area contributed by atoms with Crippen molar-refractivity contribution in [3.63, 3.8) is 0 Å². The molecule has 0 radical (unpaired) electrons. The Hall–Kier alpha value is -1.78. The normalized spacial score (nSPS) is 39.7. The van der Waals surface area contributed by atoms with Gasteiger partial charge in [-0.1, -0.05) is 24.3 Å². The number of phenolic OH excluding ortho intramolecular Hbond substituents is 1. The molecular formula is C19H21NO3. The van der Waals surface area contributed by atoms with Crippen molar-refractivity contribution in [2.75, 3.05) is 13.1 Å². The lowest BCUT2D eigenvalue weighted by Gasteiger charge is -2.57. The van der Waals surface area contributed by atoms with Gasteiger partial charge in [-0.3, -0.25) is 4.90 Å². The number of aromatic hydroxyl groups is 1. The molecule has 3 unspecified atom stereocenters. The molecule has 2 heterocycles. The zero-order chi connectivity index (χ0) is 15.8. The maximum atomic E-state index is 10.5. The van der Waals surface area contributed by atoms with Crippen LogP contribution in [0.4, 0.5) is 0 Å². The number of ether oxygens (including phenoxy) is 1. The second-order valence-corrected chi connectivity index (χ2v) is 7.23. The molecule has 120 valence electrons. The van der Waals surface area contributed by atoms with E-state index < -0.39 is 6.10 Å². The zero-order valence-corrected chi connectivity index (χ0v) is 13.0. The molecule has 0 aromatic heterocycles. The van der Waals surface area contributed by atoms with Crippen LogP contribution in [0.5, 0.6) is 11.5 Å². The van der Waals surface area contributed by atoms with Gasteiger partial charge < -0.3 is 14.9 Å². The van der Waals surface area contributed by atoms with Crippen molar-refractivity contribution in [1.29, 1.82) is 0 Å². The minimum absolute atomic E-state index is 0.196. The van der Waals surface area contributed by atoms with Crippen LogP contribution in [0, 0.1) is 5.92 Å².